The monoisotopic (exact) mass is 546 g/mol. The standard InChI is InChI=1S/C25H21F7N2O4/c26-21-9-18(37-13-16-1-2-17(24(27,28)29)8-20(16)25(30,31)32)10-22-19(21)7-14(12-38-22)11-34-5-3-15(4-6-34)23(35)33-36/h1-3,7,9-10,17H,4-6,8,11-13H2. The smallest absolute Gasteiger partial charge is 0.413 e. The fraction of sp³-hybridized carbons (Fsp3) is 0.400. The van der Waals surface area contributed by atoms with Gasteiger partial charge in [-0.15, -0.1) is 4.91 Å². The summed E-state index contributed by atoms with van der Waals surface area (Å²) in [5.41, 5.74) is -0.614. The van der Waals surface area contributed by atoms with E-state index in [0.29, 0.717) is 37.7 Å². The zero-order chi connectivity index (χ0) is 27.7. The number of amides is 1. The van der Waals surface area contributed by atoms with Crippen LogP contribution in [0.4, 0.5) is 30.7 Å². The third kappa shape index (κ3) is 6.32. The summed E-state index contributed by atoms with van der Waals surface area (Å²) in [6.07, 6.45) is -6.10. The highest BCUT2D eigenvalue weighted by Gasteiger charge is 2.46. The number of allylic oxidation sites excluding steroid dienone is 2. The van der Waals surface area contributed by atoms with Gasteiger partial charge in [0.05, 0.1) is 11.5 Å². The lowest BCUT2D eigenvalue weighted by molar-refractivity contribution is -0.166. The molecule has 204 valence electrons. The van der Waals surface area contributed by atoms with E-state index in [1.165, 1.54) is 6.07 Å². The number of nitrogens with zero attached hydrogens (tertiary/aromatic N) is 2. The molecule has 0 bridgehead atoms. The Labute approximate surface area is 212 Å². The Morgan fingerprint density at radius 2 is 1.95 bits per heavy atom. The Balaban J connectivity index is 1.44. The Morgan fingerprint density at radius 3 is 2.58 bits per heavy atom. The van der Waals surface area contributed by atoms with Crippen molar-refractivity contribution < 1.29 is 45.0 Å². The minimum Gasteiger partial charge on any atom is -0.489 e. The topological polar surface area (TPSA) is 68.2 Å². The number of nitroso groups, excluding NO2 is 1. The fourth-order valence-electron chi connectivity index (χ4n) is 4.39. The second-order valence-corrected chi connectivity index (χ2v) is 9.02. The molecule has 1 atom stereocenters. The van der Waals surface area contributed by atoms with E-state index < -0.39 is 54.2 Å². The van der Waals surface area contributed by atoms with Crippen LogP contribution in [0.1, 0.15) is 18.4 Å². The maximum atomic E-state index is 14.8. The van der Waals surface area contributed by atoms with Gasteiger partial charge in [0, 0.05) is 48.1 Å². The Bertz CT molecular complexity index is 1250. The largest absolute Gasteiger partial charge is 0.489 e. The molecule has 0 spiro atoms. The third-order valence-corrected chi connectivity index (χ3v) is 6.40. The first-order chi connectivity index (χ1) is 17.8. The van der Waals surface area contributed by atoms with E-state index in [2.05, 4.69) is 5.18 Å². The van der Waals surface area contributed by atoms with Crippen molar-refractivity contribution in [1.29, 1.82) is 0 Å². The molecule has 0 saturated heterocycles. The summed E-state index contributed by atoms with van der Waals surface area (Å²) in [6, 6.07) is 2.27. The van der Waals surface area contributed by atoms with Crippen LogP contribution in [-0.4, -0.2) is 56.0 Å². The first kappa shape index (κ1) is 27.6. The molecular weight excluding hydrogens is 525 g/mol. The van der Waals surface area contributed by atoms with Gasteiger partial charge in [0.2, 0.25) is 0 Å². The SMILES string of the molecule is O=NC(=O)C1=CCN(CC2=Cc3c(F)cc(OCC4=C(C(F)(F)F)CC(C(F)(F)F)C=C4)cc3OC2)CC1. The van der Waals surface area contributed by atoms with Crippen LogP contribution in [0.25, 0.3) is 6.08 Å². The molecule has 6 nitrogen and oxygen atoms in total. The van der Waals surface area contributed by atoms with E-state index in [4.69, 9.17) is 9.47 Å². The van der Waals surface area contributed by atoms with Crippen molar-refractivity contribution in [2.45, 2.75) is 25.2 Å². The molecule has 1 aromatic carbocycles. The number of carbonyl (C=O) groups excluding carboxylic acids is 1. The van der Waals surface area contributed by atoms with Gasteiger partial charge in [0.15, 0.2) is 0 Å². The Morgan fingerprint density at radius 1 is 1.18 bits per heavy atom. The van der Waals surface area contributed by atoms with E-state index in [-0.39, 0.29) is 23.7 Å². The predicted molar refractivity (Wildman–Crippen MR) is 122 cm³/mol. The number of rotatable bonds is 6. The molecule has 38 heavy (non-hydrogen) atoms. The molecule has 0 N–H and O–H groups in total. The van der Waals surface area contributed by atoms with Crippen LogP contribution in [0.2, 0.25) is 0 Å². The highest BCUT2D eigenvalue weighted by Crippen LogP contribution is 2.42. The van der Waals surface area contributed by atoms with Gasteiger partial charge in [-0.3, -0.25) is 9.69 Å². The summed E-state index contributed by atoms with van der Waals surface area (Å²) in [6.45, 7) is 0.679. The molecule has 4 rings (SSSR count). The molecule has 0 aromatic heterocycles. The molecule has 0 radical (unpaired) electrons. The summed E-state index contributed by atoms with van der Waals surface area (Å²) in [7, 11) is 0. The van der Waals surface area contributed by atoms with Gasteiger partial charge < -0.3 is 9.47 Å². The lowest BCUT2D eigenvalue weighted by Gasteiger charge is -2.28. The van der Waals surface area contributed by atoms with Crippen molar-refractivity contribution in [3.8, 4) is 11.5 Å². The van der Waals surface area contributed by atoms with E-state index in [1.807, 2.05) is 4.90 Å². The zero-order valence-electron chi connectivity index (χ0n) is 19.7. The van der Waals surface area contributed by atoms with Gasteiger partial charge in [-0.25, -0.2) is 4.39 Å². The summed E-state index contributed by atoms with van der Waals surface area (Å²) in [5, 5.41) is 2.40. The van der Waals surface area contributed by atoms with Crippen molar-refractivity contribution in [3.63, 3.8) is 0 Å². The van der Waals surface area contributed by atoms with Crippen LogP contribution >= 0.6 is 0 Å². The fourth-order valence-corrected chi connectivity index (χ4v) is 4.39. The first-order valence-corrected chi connectivity index (χ1v) is 11.5. The minimum atomic E-state index is -4.98. The molecule has 2 aliphatic heterocycles. The van der Waals surface area contributed by atoms with Crippen molar-refractivity contribution in [3.05, 3.63) is 68.9 Å². The summed E-state index contributed by atoms with van der Waals surface area (Å²) < 4.78 is 105. The van der Waals surface area contributed by atoms with Gasteiger partial charge >= 0.3 is 18.3 Å². The van der Waals surface area contributed by atoms with Gasteiger partial charge in [-0.05, 0) is 30.1 Å². The number of alkyl halides is 6. The van der Waals surface area contributed by atoms with Crippen LogP contribution in [-0.2, 0) is 4.79 Å². The maximum Gasteiger partial charge on any atom is 0.413 e. The van der Waals surface area contributed by atoms with Crippen LogP contribution in [0, 0.1) is 16.6 Å². The molecule has 1 aromatic rings. The second kappa shape index (κ2) is 10.7. The number of carbonyl (C=O) groups is 1. The lowest BCUT2D eigenvalue weighted by atomic mass is 9.89. The van der Waals surface area contributed by atoms with Gasteiger partial charge in [0.1, 0.15) is 30.5 Å². The predicted octanol–water partition coefficient (Wildman–Crippen LogP) is 5.90. The molecule has 2 heterocycles. The average molecular weight is 546 g/mol. The maximum absolute atomic E-state index is 14.8. The highest BCUT2D eigenvalue weighted by atomic mass is 19.4. The van der Waals surface area contributed by atoms with Gasteiger partial charge in [0.25, 0.3) is 0 Å². The molecule has 1 unspecified atom stereocenters. The number of halogens is 7. The number of benzene rings is 1. The van der Waals surface area contributed by atoms with Crippen molar-refractivity contribution in [1.82, 2.24) is 4.90 Å². The first-order valence-electron chi connectivity index (χ1n) is 11.5. The van der Waals surface area contributed by atoms with E-state index >= 15 is 0 Å². The van der Waals surface area contributed by atoms with Gasteiger partial charge in [-0.1, -0.05) is 18.2 Å². The average Bonchev–Trinajstić information content (AvgIpc) is 2.86. The van der Waals surface area contributed by atoms with E-state index in [9.17, 15) is 40.4 Å². The summed E-state index contributed by atoms with van der Waals surface area (Å²) in [5.74, 6) is -3.83. The molecule has 13 heteroatoms. The summed E-state index contributed by atoms with van der Waals surface area (Å²) >= 11 is 0. The minimum absolute atomic E-state index is 0.0999. The van der Waals surface area contributed by atoms with E-state index in [0.717, 1.165) is 17.7 Å². The third-order valence-electron chi connectivity index (χ3n) is 6.40. The number of ether oxygens (including phenoxy) is 2. The van der Waals surface area contributed by atoms with E-state index in [1.54, 1.807) is 12.2 Å². The number of hydrogen-bond donors (Lipinski definition) is 0. The molecular formula is C25H21F7N2O4. The molecule has 0 saturated carbocycles. The van der Waals surface area contributed by atoms with Crippen LogP contribution in [0.3, 0.4) is 0 Å². The van der Waals surface area contributed by atoms with Crippen LogP contribution in [0.15, 0.2) is 57.8 Å². The number of hydrogen-bond acceptors (Lipinski definition) is 5. The quantitative estimate of drug-likeness (QED) is 0.328. The summed E-state index contributed by atoms with van der Waals surface area (Å²) in [4.78, 5) is 23.7. The van der Waals surface area contributed by atoms with Crippen molar-refractivity contribution in [2.75, 3.05) is 32.8 Å². The normalized spacial score (nSPS) is 20.3. The zero-order valence-corrected chi connectivity index (χ0v) is 19.7. The lowest BCUT2D eigenvalue weighted by Crippen LogP contribution is -2.33. The molecule has 1 amide bonds. The second-order valence-electron chi connectivity index (χ2n) is 9.02. The molecule has 0 fully saturated rings. The Kier molecular flexibility index (Phi) is 7.77. The molecule has 3 aliphatic rings. The van der Waals surface area contributed by atoms with Crippen molar-refractivity contribution >= 4 is 12.0 Å². The highest BCUT2D eigenvalue weighted by molar-refractivity contribution is 5.94. The Hall–Kier alpha value is -3.48. The van der Waals surface area contributed by atoms with Crippen LogP contribution < -0.4 is 9.47 Å². The van der Waals surface area contributed by atoms with Crippen LogP contribution in [0.5, 0.6) is 11.5 Å². The molecule has 1 aliphatic carbocycles. The van der Waals surface area contributed by atoms with Gasteiger partial charge in [-0.2, -0.15) is 26.3 Å². The van der Waals surface area contributed by atoms with Crippen molar-refractivity contribution in [2.24, 2.45) is 11.1 Å². The number of fused-ring (bicyclic) bond motifs is 1.